The molecule has 5 heteroatoms. The molecule has 0 radical (unpaired) electrons. The van der Waals surface area contributed by atoms with E-state index in [4.69, 9.17) is 15.4 Å². The van der Waals surface area contributed by atoms with Crippen molar-refractivity contribution in [1.82, 2.24) is 19.1 Å². The van der Waals surface area contributed by atoms with Crippen molar-refractivity contribution in [2.75, 3.05) is 0 Å². The Morgan fingerprint density at radius 1 is 0.379 bits per heavy atom. The lowest BCUT2D eigenvalue weighted by molar-refractivity contribution is 1.16. The minimum atomic E-state index is 0.639. The molecule has 1 N–H and O–H groups in total. The Labute approximate surface area is 335 Å². The highest BCUT2D eigenvalue weighted by atomic mass is 15.0. The molecule has 11 rings (SSSR count). The second-order valence-electron chi connectivity index (χ2n) is 14.6. The molecule has 0 bridgehead atoms. The maximum atomic E-state index is 8.32. The first-order valence-corrected chi connectivity index (χ1v) is 19.5. The number of para-hydroxylation sites is 3. The standard InChI is InChI=1S/C53H35N5/c54-34-35-27-29-51(44(31-35)39-19-7-8-23-43(39)53-55-46(36-15-3-1-4-16-36)33-47(56-53)37-17-5-2-6-18-37)58-50-26-14-11-22-42(50)45-32-38(28-30-52(45)58)57-48-24-12-9-20-40(48)41-21-10-13-25-49(41)57/h1-34,54H. The van der Waals surface area contributed by atoms with Gasteiger partial charge in [0.05, 0.1) is 39.1 Å². The highest BCUT2D eigenvalue weighted by Crippen LogP contribution is 2.41. The zero-order chi connectivity index (χ0) is 38.6. The molecule has 8 aromatic carbocycles. The van der Waals surface area contributed by atoms with Gasteiger partial charge in [0.25, 0.3) is 0 Å². The maximum Gasteiger partial charge on any atom is 0.161 e. The van der Waals surface area contributed by atoms with Crippen molar-refractivity contribution >= 4 is 49.8 Å². The second kappa shape index (κ2) is 13.7. The summed E-state index contributed by atoms with van der Waals surface area (Å²) >= 11 is 0. The molecule has 0 amide bonds. The zero-order valence-electron chi connectivity index (χ0n) is 31.4. The van der Waals surface area contributed by atoms with E-state index in [1.54, 1.807) is 0 Å². The summed E-state index contributed by atoms with van der Waals surface area (Å²) in [5, 5.41) is 13.1. The Morgan fingerprint density at radius 3 is 1.48 bits per heavy atom. The third-order valence-corrected chi connectivity index (χ3v) is 11.2. The van der Waals surface area contributed by atoms with E-state index in [2.05, 4.69) is 167 Å². The summed E-state index contributed by atoms with van der Waals surface area (Å²) in [6, 6.07) is 70.1. The van der Waals surface area contributed by atoms with Crippen molar-refractivity contribution in [3.8, 4) is 56.4 Å². The zero-order valence-corrected chi connectivity index (χ0v) is 31.4. The molecule has 0 saturated carbocycles. The van der Waals surface area contributed by atoms with Gasteiger partial charge in [-0.15, -0.1) is 0 Å². The topological polar surface area (TPSA) is 59.5 Å². The first-order chi connectivity index (χ1) is 28.7. The fraction of sp³-hybridized carbons (Fsp3) is 0. The van der Waals surface area contributed by atoms with Gasteiger partial charge < -0.3 is 14.5 Å². The number of fused-ring (bicyclic) bond motifs is 6. The number of benzene rings is 8. The Hall–Kier alpha value is -7.89. The Kier molecular flexibility index (Phi) is 7.90. The van der Waals surface area contributed by atoms with E-state index in [9.17, 15) is 0 Å². The Morgan fingerprint density at radius 2 is 0.879 bits per heavy atom. The maximum absolute atomic E-state index is 8.32. The Balaban J connectivity index is 1.14. The quantitative estimate of drug-likeness (QED) is 0.165. The van der Waals surface area contributed by atoms with E-state index in [1.807, 2.05) is 42.5 Å². The van der Waals surface area contributed by atoms with Gasteiger partial charge in [-0.3, -0.25) is 0 Å². The van der Waals surface area contributed by atoms with Crippen LogP contribution in [0.2, 0.25) is 0 Å². The normalized spacial score (nSPS) is 11.5. The number of nitrogens with zero attached hydrogens (tertiary/aromatic N) is 4. The molecule has 0 aliphatic carbocycles. The van der Waals surface area contributed by atoms with E-state index in [-0.39, 0.29) is 0 Å². The van der Waals surface area contributed by atoms with E-state index >= 15 is 0 Å². The molecule has 0 unspecified atom stereocenters. The molecule has 0 spiro atoms. The van der Waals surface area contributed by atoms with Crippen molar-refractivity contribution in [3.05, 3.63) is 206 Å². The molecule has 272 valence electrons. The molecule has 5 nitrogen and oxygen atoms in total. The molecule has 0 atom stereocenters. The molecule has 0 saturated heterocycles. The molecule has 0 aliphatic heterocycles. The Bertz CT molecular complexity index is 3250. The SMILES string of the molecule is N=Cc1ccc(-n2c3ccccc3c3cc(-n4c5ccccc5c5ccccc54)ccc32)c(-c2ccccc2-c2nc(-c3ccccc3)cc(-c3ccccc3)n2)c1. The van der Waals surface area contributed by atoms with Crippen LogP contribution in [-0.2, 0) is 0 Å². The van der Waals surface area contributed by atoms with E-state index in [0.29, 0.717) is 5.82 Å². The smallest absolute Gasteiger partial charge is 0.161 e. The van der Waals surface area contributed by atoms with Crippen LogP contribution in [0, 0.1) is 5.41 Å². The van der Waals surface area contributed by atoms with Crippen molar-refractivity contribution in [3.63, 3.8) is 0 Å². The highest BCUT2D eigenvalue weighted by Gasteiger charge is 2.21. The van der Waals surface area contributed by atoms with Crippen LogP contribution in [0.25, 0.3) is 100 Å². The predicted molar refractivity (Wildman–Crippen MR) is 240 cm³/mol. The van der Waals surface area contributed by atoms with Crippen LogP contribution in [0.1, 0.15) is 5.56 Å². The molecule has 58 heavy (non-hydrogen) atoms. The van der Waals surface area contributed by atoms with E-state index in [1.165, 1.54) is 33.4 Å². The minimum absolute atomic E-state index is 0.639. The van der Waals surface area contributed by atoms with Gasteiger partial charge in [0.2, 0.25) is 0 Å². The van der Waals surface area contributed by atoms with Gasteiger partial charge in [0.1, 0.15) is 0 Å². The number of hydrogen-bond acceptors (Lipinski definition) is 3. The fourth-order valence-electron chi connectivity index (χ4n) is 8.61. The number of hydrogen-bond donors (Lipinski definition) is 1. The first kappa shape index (κ1) is 33.4. The lowest BCUT2D eigenvalue weighted by Crippen LogP contribution is -2.01. The lowest BCUT2D eigenvalue weighted by Gasteiger charge is -2.18. The van der Waals surface area contributed by atoms with Crippen molar-refractivity contribution in [2.45, 2.75) is 0 Å². The number of rotatable bonds is 7. The summed E-state index contributed by atoms with van der Waals surface area (Å²) < 4.78 is 4.75. The number of nitrogens with one attached hydrogen (secondary N) is 1. The molecule has 11 aromatic rings. The lowest BCUT2D eigenvalue weighted by atomic mass is 9.95. The van der Waals surface area contributed by atoms with Gasteiger partial charge in [-0.2, -0.15) is 0 Å². The summed E-state index contributed by atoms with van der Waals surface area (Å²) in [6.45, 7) is 0. The molecule has 0 aliphatic rings. The third-order valence-electron chi connectivity index (χ3n) is 11.2. The first-order valence-electron chi connectivity index (χ1n) is 19.5. The fourth-order valence-corrected chi connectivity index (χ4v) is 8.61. The average Bonchev–Trinajstić information content (AvgIpc) is 3.82. The van der Waals surface area contributed by atoms with Gasteiger partial charge in [-0.25, -0.2) is 9.97 Å². The number of aromatic nitrogens is 4. The van der Waals surface area contributed by atoms with Crippen LogP contribution in [0.3, 0.4) is 0 Å². The molecular weight excluding hydrogens is 707 g/mol. The summed E-state index contributed by atoms with van der Waals surface area (Å²) in [4.78, 5) is 10.5. The van der Waals surface area contributed by atoms with E-state index < -0.39 is 0 Å². The summed E-state index contributed by atoms with van der Waals surface area (Å²) in [5.41, 5.74) is 14.1. The van der Waals surface area contributed by atoms with Crippen LogP contribution in [0.15, 0.2) is 200 Å². The molecule has 3 heterocycles. The molecule has 0 fully saturated rings. The van der Waals surface area contributed by atoms with Gasteiger partial charge in [-0.1, -0.05) is 146 Å². The van der Waals surface area contributed by atoms with Gasteiger partial charge in [0, 0.05) is 55.7 Å². The highest BCUT2D eigenvalue weighted by molar-refractivity contribution is 6.12. The van der Waals surface area contributed by atoms with Crippen LogP contribution in [0.5, 0.6) is 0 Å². The van der Waals surface area contributed by atoms with Gasteiger partial charge in [-0.05, 0) is 65.7 Å². The van der Waals surface area contributed by atoms with Crippen molar-refractivity contribution in [2.24, 2.45) is 0 Å². The van der Waals surface area contributed by atoms with Crippen LogP contribution in [0.4, 0.5) is 0 Å². The minimum Gasteiger partial charge on any atom is -0.309 e. The molecular formula is C53H35N5. The summed E-state index contributed by atoms with van der Waals surface area (Å²) in [5.74, 6) is 0.639. The van der Waals surface area contributed by atoms with Crippen molar-refractivity contribution in [1.29, 1.82) is 5.41 Å². The van der Waals surface area contributed by atoms with Gasteiger partial charge >= 0.3 is 0 Å². The molecule has 3 aromatic heterocycles. The third kappa shape index (κ3) is 5.44. The average molecular weight is 742 g/mol. The summed E-state index contributed by atoms with van der Waals surface area (Å²) in [6.07, 6.45) is 1.42. The second-order valence-corrected chi connectivity index (χ2v) is 14.6. The van der Waals surface area contributed by atoms with E-state index in [0.717, 1.165) is 72.6 Å². The van der Waals surface area contributed by atoms with Crippen LogP contribution < -0.4 is 0 Å². The van der Waals surface area contributed by atoms with Gasteiger partial charge in [0.15, 0.2) is 5.82 Å². The monoisotopic (exact) mass is 741 g/mol. The largest absolute Gasteiger partial charge is 0.309 e. The predicted octanol–water partition coefficient (Wildman–Crippen LogP) is 13.3. The van der Waals surface area contributed by atoms with Crippen molar-refractivity contribution < 1.29 is 0 Å². The van der Waals surface area contributed by atoms with Crippen LogP contribution in [-0.4, -0.2) is 25.3 Å². The van der Waals surface area contributed by atoms with Crippen LogP contribution >= 0.6 is 0 Å². The summed E-state index contributed by atoms with van der Waals surface area (Å²) in [7, 11) is 0.